The van der Waals surface area contributed by atoms with Gasteiger partial charge < -0.3 is 23.1 Å². The van der Waals surface area contributed by atoms with Crippen LogP contribution in [0.25, 0.3) is 0 Å². The summed E-state index contributed by atoms with van der Waals surface area (Å²) in [4.78, 5) is 0. The topological polar surface area (TPSA) is 52.8 Å². The molecule has 0 amide bonds. The fourth-order valence-corrected chi connectivity index (χ4v) is 9.68. The molecule has 7 heteroatoms. The van der Waals surface area contributed by atoms with E-state index < -0.39 is 16.6 Å². The van der Waals surface area contributed by atoms with Crippen molar-refractivity contribution in [2.45, 2.75) is 38.4 Å². The molecule has 0 aromatic heterocycles. The van der Waals surface area contributed by atoms with E-state index in [1.807, 2.05) is 0 Å². The molecule has 0 N–H and O–H groups in total. The van der Waals surface area contributed by atoms with Crippen LogP contribution in [-0.4, -0.2) is 67.7 Å². The third-order valence-corrected chi connectivity index (χ3v) is 9.08. The second-order valence-electron chi connectivity index (χ2n) is 6.56. The lowest BCUT2D eigenvalue weighted by molar-refractivity contribution is 0.135. The largest absolute Gasteiger partial charge is 0.453 e. The van der Waals surface area contributed by atoms with E-state index in [1.54, 1.807) is 0 Å². The summed E-state index contributed by atoms with van der Waals surface area (Å²) in [6.45, 7) is 11.9. The molecular formula is C12H26O5Si2. The minimum absolute atomic E-state index is 0.330. The van der Waals surface area contributed by atoms with Crippen molar-refractivity contribution in [1.29, 1.82) is 0 Å². The Kier molecular flexibility index (Phi) is 5.21. The summed E-state index contributed by atoms with van der Waals surface area (Å²) in [6.07, 6.45) is 2.12. The average Bonchev–Trinajstić information content (AvgIpc) is 3.09. The maximum atomic E-state index is 6.38. The van der Waals surface area contributed by atoms with Gasteiger partial charge in [0.1, 0.15) is 12.2 Å². The SMILES string of the molecule is C[Si](C)(COCC1CO1)O[Si](C)(C)COCC1CO1. The third-order valence-electron chi connectivity index (χ3n) is 2.86. The molecule has 5 nitrogen and oxygen atoms in total. The number of rotatable bonds is 10. The quantitative estimate of drug-likeness (QED) is 0.450. The van der Waals surface area contributed by atoms with Crippen LogP contribution in [0, 0.1) is 0 Å². The first-order chi connectivity index (χ1) is 8.86. The summed E-state index contributed by atoms with van der Waals surface area (Å²) in [7, 11) is -3.53. The molecule has 2 heterocycles. The minimum atomic E-state index is -1.77. The maximum Gasteiger partial charge on any atom is 0.199 e. The second-order valence-corrected chi connectivity index (χ2v) is 15.0. The van der Waals surface area contributed by atoms with Crippen molar-refractivity contribution in [3.63, 3.8) is 0 Å². The third kappa shape index (κ3) is 6.98. The molecular weight excluding hydrogens is 280 g/mol. The number of hydrogen-bond acceptors (Lipinski definition) is 5. The molecule has 2 saturated heterocycles. The molecule has 0 radical (unpaired) electrons. The average molecular weight is 307 g/mol. The summed E-state index contributed by atoms with van der Waals surface area (Å²) in [5.74, 6) is 0. The lowest BCUT2D eigenvalue weighted by Gasteiger charge is -2.33. The fraction of sp³-hybridized carbons (Fsp3) is 1.00. The zero-order chi connectivity index (χ0) is 13.9. The summed E-state index contributed by atoms with van der Waals surface area (Å²) < 4.78 is 28.0. The zero-order valence-corrected chi connectivity index (χ0v) is 14.4. The number of epoxide rings is 2. The lowest BCUT2D eigenvalue weighted by atomic mass is 10.5. The Bertz CT molecular complexity index is 262. The standard InChI is InChI=1S/C12H26O5Si2/c1-18(2,9-13-5-11-7-15-11)17-19(3,4)10-14-6-12-8-16-12/h11-12H,5-10H2,1-4H3. The molecule has 0 bridgehead atoms. The predicted molar refractivity (Wildman–Crippen MR) is 77.2 cm³/mol. The van der Waals surface area contributed by atoms with Gasteiger partial charge in [-0.15, -0.1) is 0 Å². The Hall–Kier alpha value is 0.234. The Labute approximate surface area is 117 Å². The molecule has 2 fully saturated rings. The highest BCUT2D eigenvalue weighted by atomic mass is 28.4. The van der Waals surface area contributed by atoms with Crippen LogP contribution in [0.15, 0.2) is 0 Å². The van der Waals surface area contributed by atoms with Gasteiger partial charge in [0.05, 0.1) is 38.9 Å². The van der Waals surface area contributed by atoms with Crippen LogP contribution in [0.1, 0.15) is 0 Å². The predicted octanol–water partition coefficient (Wildman–Crippen LogP) is 1.32. The second kappa shape index (κ2) is 6.34. The van der Waals surface area contributed by atoms with Gasteiger partial charge in [0, 0.05) is 0 Å². The first-order valence-corrected chi connectivity index (χ1v) is 13.2. The van der Waals surface area contributed by atoms with Crippen molar-refractivity contribution in [1.82, 2.24) is 0 Å². The van der Waals surface area contributed by atoms with Crippen molar-refractivity contribution in [2.24, 2.45) is 0 Å². The Morgan fingerprint density at radius 3 is 1.53 bits per heavy atom. The number of ether oxygens (including phenoxy) is 4. The summed E-state index contributed by atoms with van der Waals surface area (Å²) >= 11 is 0. The van der Waals surface area contributed by atoms with Crippen LogP contribution in [-0.2, 0) is 23.1 Å². The smallest absolute Gasteiger partial charge is 0.199 e. The van der Waals surface area contributed by atoms with E-state index >= 15 is 0 Å². The van der Waals surface area contributed by atoms with Gasteiger partial charge in [-0.05, 0) is 26.2 Å². The van der Waals surface area contributed by atoms with Crippen molar-refractivity contribution >= 4 is 16.6 Å². The van der Waals surface area contributed by atoms with Gasteiger partial charge in [0.2, 0.25) is 0 Å². The van der Waals surface area contributed by atoms with Crippen molar-refractivity contribution < 1.29 is 23.1 Å². The van der Waals surface area contributed by atoms with Crippen LogP contribution >= 0.6 is 0 Å². The molecule has 0 aromatic rings. The van der Waals surface area contributed by atoms with Crippen molar-refractivity contribution in [3.8, 4) is 0 Å². The number of hydrogen-bond donors (Lipinski definition) is 0. The molecule has 0 spiro atoms. The van der Waals surface area contributed by atoms with E-state index in [1.165, 1.54) is 0 Å². The normalized spacial score (nSPS) is 26.5. The molecule has 0 saturated carbocycles. The van der Waals surface area contributed by atoms with Gasteiger partial charge in [-0.25, -0.2) is 0 Å². The Balaban J connectivity index is 1.62. The molecule has 0 aromatic carbocycles. The van der Waals surface area contributed by atoms with Gasteiger partial charge in [-0.3, -0.25) is 0 Å². The molecule has 0 aliphatic carbocycles. The van der Waals surface area contributed by atoms with Gasteiger partial charge in [-0.1, -0.05) is 0 Å². The molecule has 112 valence electrons. The highest BCUT2D eigenvalue weighted by Crippen LogP contribution is 2.17. The monoisotopic (exact) mass is 306 g/mol. The van der Waals surface area contributed by atoms with Crippen LogP contribution in [0.4, 0.5) is 0 Å². The van der Waals surface area contributed by atoms with E-state index in [4.69, 9.17) is 23.1 Å². The van der Waals surface area contributed by atoms with E-state index in [0.29, 0.717) is 25.4 Å². The molecule has 2 atom stereocenters. The highest BCUT2D eigenvalue weighted by molar-refractivity contribution is 6.84. The van der Waals surface area contributed by atoms with Gasteiger partial charge in [-0.2, -0.15) is 0 Å². The van der Waals surface area contributed by atoms with Crippen molar-refractivity contribution in [3.05, 3.63) is 0 Å². The van der Waals surface area contributed by atoms with Gasteiger partial charge in [0.25, 0.3) is 0 Å². The van der Waals surface area contributed by atoms with E-state index in [9.17, 15) is 0 Å². The first-order valence-electron chi connectivity index (χ1n) is 6.95. The summed E-state index contributed by atoms with van der Waals surface area (Å²) in [5.41, 5.74) is 0. The van der Waals surface area contributed by atoms with E-state index in [2.05, 4.69) is 26.2 Å². The van der Waals surface area contributed by atoms with Crippen molar-refractivity contribution in [2.75, 3.05) is 38.9 Å². The fourth-order valence-electron chi connectivity index (χ4n) is 2.01. The van der Waals surface area contributed by atoms with Crippen LogP contribution in [0.3, 0.4) is 0 Å². The lowest BCUT2D eigenvalue weighted by Crippen LogP contribution is -2.50. The molecule has 19 heavy (non-hydrogen) atoms. The molecule has 2 unspecified atom stereocenters. The molecule has 2 aliphatic heterocycles. The summed E-state index contributed by atoms with van der Waals surface area (Å²) in [6, 6.07) is 0. The van der Waals surface area contributed by atoms with Crippen LogP contribution in [0.5, 0.6) is 0 Å². The van der Waals surface area contributed by atoms with Crippen LogP contribution < -0.4 is 0 Å². The first kappa shape index (κ1) is 15.6. The molecule has 2 rings (SSSR count). The zero-order valence-electron chi connectivity index (χ0n) is 12.4. The highest BCUT2D eigenvalue weighted by Gasteiger charge is 2.35. The van der Waals surface area contributed by atoms with E-state index in [0.717, 1.165) is 25.7 Å². The van der Waals surface area contributed by atoms with E-state index in [-0.39, 0.29) is 0 Å². The maximum absolute atomic E-state index is 6.38. The van der Waals surface area contributed by atoms with Gasteiger partial charge >= 0.3 is 0 Å². The Morgan fingerprint density at radius 2 is 1.21 bits per heavy atom. The summed E-state index contributed by atoms with van der Waals surface area (Å²) in [5, 5.41) is 0. The molecule has 2 aliphatic rings. The van der Waals surface area contributed by atoms with Crippen LogP contribution in [0.2, 0.25) is 26.2 Å². The Morgan fingerprint density at radius 1 is 0.842 bits per heavy atom. The van der Waals surface area contributed by atoms with Gasteiger partial charge in [0.15, 0.2) is 16.6 Å². The minimum Gasteiger partial charge on any atom is -0.453 e.